The first-order valence-corrected chi connectivity index (χ1v) is 11.3. The molecule has 3 aromatic rings. The molecule has 1 atom stereocenters. The largest absolute Gasteiger partial charge is 0.476 e. The fourth-order valence-electron chi connectivity index (χ4n) is 3.95. The van der Waals surface area contributed by atoms with Gasteiger partial charge in [0.05, 0.1) is 0 Å². The Balaban J connectivity index is 1.49. The van der Waals surface area contributed by atoms with Gasteiger partial charge in [-0.1, -0.05) is 76.2 Å². The Morgan fingerprint density at radius 1 is 1.09 bits per heavy atom. The maximum Gasteiger partial charge on any atom is 0.413 e. The summed E-state index contributed by atoms with van der Waals surface area (Å²) in [7, 11) is 0. The van der Waals surface area contributed by atoms with Crippen LogP contribution in [0.5, 0.6) is 0 Å². The van der Waals surface area contributed by atoms with Crippen molar-refractivity contribution in [1.82, 2.24) is 4.98 Å². The topological polar surface area (TPSA) is 88.5 Å². The molecular formula is C25H26N2O4S. The molecule has 1 aliphatic rings. The average Bonchev–Trinajstić information content (AvgIpc) is 3.30. The van der Waals surface area contributed by atoms with E-state index in [1.807, 2.05) is 52.0 Å². The van der Waals surface area contributed by atoms with Gasteiger partial charge >= 0.3 is 12.1 Å². The third-order valence-corrected chi connectivity index (χ3v) is 7.25. The van der Waals surface area contributed by atoms with Gasteiger partial charge in [-0.3, -0.25) is 5.32 Å². The van der Waals surface area contributed by atoms with Gasteiger partial charge in [-0.05, 0) is 33.6 Å². The summed E-state index contributed by atoms with van der Waals surface area (Å²) in [6.45, 7) is 8.28. The second-order valence-corrected chi connectivity index (χ2v) is 10.1. The molecule has 1 heterocycles. The normalized spacial score (nSPS) is 13.9. The van der Waals surface area contributed by atoms with Crippen molar-refractivity contribution in [2.45, 2.75) is 39.5 Å². The maximum atomic E-state index is 12.5. The number of carbonyl (C=O) groups excluding carboxylic acids is 1. The maximum absolute atomic E-state index is 12.5. The standard InChI is InChI=1S/C25H26N2O4S/c1-14(25(2,3)4)21-20(22(28)29)26-23(32-21)27-24(30)31-13-19-17-11-7-5-9-15(17)16-10-6-8-12-18(16)19/h5-12,14,19H,13H2,1-4H3,(H,28,29)(H,26,27,30). The van der Waals surface area contributed by atoms with Gasteiger partial charge in [0, 0.05) is 10.8 Å². The number of hydrogen-bond donors (Lipinski definition) is 2. The quantitative estimate of drug-likeness (QED) is 0.473. The molecule has 0 aliphatic heterocycles. The van der Waals surface area contributed by atoms with E-state index in [1.54, 1.807) is 0 Å². The fraction of sp³-hybridized carbons (Fsp3) is 0.320. The smallest absolute Gasteiger partial charge is 0.413 e. The highest BCUT2D eigenvalue weighted by molar-refractivity contribution is 7.16. The highest BCUT2D eigenvalue weighted by Crippen LogP contribution is 2.44. The van der Waals surface area contributed by atoms with Crippen LogP contribution in [0.15, 0.2) is 48.5 Å². The number of rotatable bonds is 5. The zero-order valence-corrected chi connectivity index (χ0v) is 19.3. The molecule has 1 aromatic heterocycles. The summed E-state index contributed by atoms with van der Waals surface area (Å²) >= 11 is 1.18. The Labute approximate surface area is 191 Å². The number of hydrogen-bond acceptors (Lipinski definition) is 5. The molecule has 2 aromatic carbocycles. The first kappa shape index (κ1) is 22.0. The summed E-state index contributed by atoms with van der Waals surface area (Å²) in [5.41, 5.74) is 4.41. The third-order valence-electron chi connectivity index (χ3n) is 6.10. The number of fused-ring (bicyclic) bond motifs is 3. The number of carbonyl (C=O) groups is 2. The number of ether oxygens (including phenoxy) is 1. The Morgan fingerprint density at radius 2 is 1.66 bits per heavy atom. The fourth-order valence-corrected chi connectivity index (χ4v) is 5.19. The third kappa shape index (κ3) is 4.12. The molecule has 7 heteroatoms. The van der Waals surface area contributed by atoms with E-state index in [-0.39, 0.29) is 34.7 Å². The molecule has 4 rings (SSSR count). The molecule has 32 heavy (non-hydrogen) atoms. The van der Waals surface area contributed by atoms with Gasteiger partial charge in [0.1, 0.15) is 6.61 Å². The minimum atomic E-state index is -1.10. The van der Waals surface area contributed by atoms with Crippen molar-refractivity contribution in [3.05, 3.63) is 70.2 Å². The van der Waals surface area contributed by atoms with E-state index in [1.165, 1.54) is 11.3 Å². The van der Waals surface area contributed by atoms with Crippen molar-refractivity contribution in [2.75, 3.05) is 11.9 Å². The highest BCUT2D eigenvalue weighted by atomic mass is 32.1. The van der Waals surface area contributed by atoms with Gasteiger partial charge in [-0.25, -0.2) is 14.6 Å². The molecular weight excluding hydrogens is 424 g/mol. The molecule has 0 spiro atoms. The van der Waals surface area contributed by atoms with E-state index >= 15 is 0 Å². The molecule has 0 saturated carbocycles. The van der Waals surface area contributed by atoms with Gasteiger partial charge in [0.15, 0.2) is 10.8 Å². The number of aromatic carboxylic acids is 1. The summed E-state index contributed by atoms with van der Waals surface area (Å²) in [6, 6.07) is 16.2. The Kier molecular flexibility index (Phi) is 5.77. The van der Waals surface area contributed by atoms with E-state index in [4.69, 9.17) is 4.74 Å². The SMILES string of the molecule is CC(c1sc(NC(=O)OCC2c3ccccc3-c3ccccc32)nc1C(=O)O)C(C)(C)C. The van der Waals surface area contributed by atoms with Crippen molar-refractivity contribution in [3.63, 3.8) is 0 Å². The second kappa shape index (κ2) is 8.39. The van der Waals surface area contributed by atoms with Crippen molar-refractivity contribution in [1.29, 1.82) is 0 Å². The zero-order chi connectivity index (χ0) is 23.0. The van der Waals surface area contributed by atoms with E-state index in [0.29, 0.717) is 4.88 Å². The molecule has 1 unspecified atom stereocenters. The number of nitrogens with zero attached hydrogens (tertiary/aromatic N) is 1. The van der Waals surface area contributed by atoms with E-state index < -0.39 is 12.1 Å². The van der Waals surface area contributed by atoms with Crippen molar-refractivity contribution >= 4 is 28.5 Å². The summed E-state index contributed by atoms with van der Waals surface area (Å²) in [4.78, 5) is 29.0. The number of nitrogens with one attached hydrogen (secondary N) is 1. The molecule has 1 amide bonds. The van der Waals surface area contributed by atoms with Crippen molar-refractivity contribution in [2.24, 2.45) is 5.41 Å². The first-order chi connectivity index (χ1) is 15.2. The Morgan fingerprint density at radius 3 is 2.19 bits per heavy atom. The minimum Gasteiger partial charge on any atom is -0.476 e. The Hall–Kier alpha value is -3.19. The molecule has 2 N–H and O–H groups in total. The molecule has 1 aliphatic carbocycles. The molecule has 6 nitrogen and oxygen atoms in total. The average molecular weight is 451 g/mol. The molecule has 0 fully saturated rings. The Bertz CT molecular complexity index is 1130. The summed E-state index contributed by atoms with van der Waals surface area (Å²) < 4.78 is 5.55. The van der Waals surface area contributed by atoms with Crippen LogP contribution in [0.2, 0.25) is 0 Å². The van der Waals surface area contributed by atoms with Gasteiger partial charge in [0.25, 0.3) is 0 Å². The number of carboxylic acid groups (broad SMARTS) is 1. The van der Waals surface area contributed by atoms with Crippen molar-refractivity contribution in [3.8, 4) is 11.1 Å². The molecule has 0 bridgehead atoms. The van der Waals surface area contributed by atoms with Gasteiger partial charge in [-0.15, -0.1) is 11.3 Å². The number of aromatic nitrogens is 1. The van der Waals surface area contributed by atoms with Gasteiger partial charge in [0.2, 0.25) is 0 Å². The van der Waals surface area contributed by atoms with Crippen LogP contribution in [0.4, 0.5) is 9.93 Å². The monoisotopic (exact) mass is 450 g/mol. The summed E-state index contributed by atoms with van der Waals surface area (Å²) in [5, 5.41) is 12.4. The van der Waals surface area contributed by atoms with Gasteiger partial charge in [-0.2, -0.15) is 0 Å². The second-order valence-electron chi connectivity index (χ2n) is 9.08. The lowest BCUT2D eigenvalue weighted by Crippen LogP contribution is -2.18. The van der Waals surface area contributed by atoms with Crippen LogP contribution in [0.25, 0.3) is 11.1 Å². The number of benzene rings is 2. The number of amides is 1. The van der Waals surface area contributed by atoms with Crippen LogP contribution in [-0.2, 0) is 4.74 Å². The predicted molar refractivity (Wildman–Crippen MR) is 126 cm³/mol. The molecule has 166 valence electrons. The van der Waals surface area contributed by atoms with Crippen LogP contribution in [0.1, 0.15) is 66.0 Å². The van der Waals surface area contributed by atoms with Crippen LogP contribution in [0, 0.1) is 5.41 Å². The number of anilines is 1. The minimum absolute atomic E-state index is 0.0219. The lowest BCUT2D eigenvalue weighted by molar-refractivity contribution is 0.0689. The molecule has 0 saturated heterocycles. The predicted octanol–water partition coefficient (Wildman–Crippen LogP) is 6.35. The highest BCUT2D eigenvalue weighted by Gasteiger charge is 2.31. The first-order valence-electron chi connectivity index (χ1n) is 10.5. The number of thiazole rings is 1. The lowest BCUT2D eigenvalue weighted by atomic mass is 9.81. The summed E-state index contributed by atoms with van der Waals surface area (Å²) in [6.07, 6.45) is -0.646. The van der Waals surface area contributed by atoms with Crippen LogP contribution < -0.4 is 5.32 Å². The van der Waals surface area contributed by atoms with Crippen LogP contribution in [-0.4, -0.2) is 28.8 Å². The van der Waals surface area contributed by atoms with Crippen LogP contribution >= 0.6 is 11.3 Å². The zero-order valence-electron chi connectivity index (χ0n) is 18.5. The summed E-state index contributed by atoms with van der Waals surface area (Å²) in [5.74, 6) is -1.19. The number of carboxylic acids is 1. The van der Waals surface area contributed by atoms with E-state index in [0.717, 1.165) is 22.3 Å². The van der Waals surface area contributed by atoms with E-state index in [2.05, 4.69) is 34.6 Å². The lowest BCUT2D eigenvalue weighted by Gasteiger charge is -2.26. The van der Waals surface area contributed by atoms with Crippen LogP contribution in [0.3, 0.4) is 0 Å². The van der Waals surface area contributed by atoms with E-state index in [9.17, 15) is 14.7 Å². The molecule has 0 radical (unpaired) electrons. The van der Waals surface area contributed by atoms with Gasteiger partial charge < -0.3 is 9.84 Å². The van der Waals surface area contributed by atoms with Crippen molar-refractivity contribution < 1.29 is 19.4 Å².